The summed E-state index contributed by atoms with van der Waals surface area (Å²) in [6.07, 6.45) is 3.01. The maximum atomic E-state index is 12.1. The van der Waals surface area contributed by atoms with E-state index in [0.29, 0.717) is 18.1 Å². The zero-order chi connectivity index (χ0) is 23.2. The van der Waals surface area contributed by atoms with E-state index in [4.69, 9.17) is 11.6 Å². The predicted octanol–water partition coefficient (Wildman–Crippen LogP) is 6.27. The van der Waals surface area contributed by atoms with E-state index in [2.05, 4.69) is 22.5 Å². The van der Waals surface area contributed by atoms with Gasteiger partial charge in [-0.15, -0.1) is 0 Å². The third-order valence-electron chi connectivity index (χ3n) is 4.84. The molecule has 2 aromatic rings. The highest BCUT2D eigenvalue weighted by molar-refractivity contribution is 6.30. The van der Waals surface area contributed by atoms with Gasteiger partial charge in [-0.25, -0.2) is 4.79 Å². The van der Waals surface area contributed by atoms with Crippen LogP contribution in [0.1, 0.15) is 58.1 Å². The van der Waals surface area contributed by atoms with Gasteiger partial charge >= 0.3 is 6.03 Å². The van der Waals surface area contributed by atoms with Crippen LogP contribution in [0.15, 0.2) is 48.5 Å². The minimum atomic E-state index is -0.263. The number of hydrogen-bond acceptors (Lipinski definition) is 3. The normalized spacial score (nSPS) is 11.3. The van der Waals surface area contributed by atoms with E-state index in [-0.39, 0.29) is 17.9 Å². The van der Waals surface area contributed by atoms with Crippen molar-refractivity contribution in [1.82, 2.24) is 10.2 Å². The van der Waals surface area contributed by atoms with Gasteiger partial charge in [-0.1, -0.05) is 69.5 Å². The van der Waals surface area contributed by atoms with Crippen molar-refractivity contribution in [3.05, 3.63) is 64.7 Å². The summed E-state index contributed by atoms with van der Waals surface area (Å²) in [4.78, 5) is 26.1. The number of rotatable bonds is 10. The lowest BCUT2D eigenvalue weighted by Gasteiger charge is -2.26. The van der Waals surface area contributed by atoms with Crippen molar-refractivity contribution < 1.29 is 9.59 Å². The number of amides is 2. The van der Waals surface area contributed by atoms with E-state index in [9.17, 15) is 9.59 Å². The lowest BCUT2D eigenvalue weighted by molar-refractivity contribution is -0.122. The fourth-order valence-electron chi connectivity index (χ4n) is 3.18. The molecule has 0 aromatic heterocycles. The molecule has 0 aliphatic carbocycles. The first-order valence-corrected chi connectivity index (χ1v) is 11.4. The van der Waals surface area contributed by atoms with Gasteiger partial charge in [-0.3, -0.25) is 9.69 Å². The molecule has 0 bridgehead atoms. The van der Waals surface area contributed by atoms with E-state index >= 15 is 0 Å². The molecule has 2 N–H and O–H groups in total. The molecule has 0 saturated heterocycles. The fraction of sp³-hybridized carbons (Fsp3) is 0.440. The van der Waals surface area contributed by atoms with Crippen LogP contribution in [-0.4, -0.2) is 29.8 Å². The number of urea groups is 1. The van der Waals surface area contributed by atoms with Crippen molar-refractivity contribution in [2.75, 3.05) is 12.4 Å². The maximum absolute atomic E-state index is 12.1. The van der Waals surface area contributed by atoms with Crippen LogP contribution in [0.3, 0.4) is 0 Å². The van der Waals surface area contributed by atoms with Gasteiger partial charge in [0, 0.05) is 23.8 Å². The Morgan fingerprint density at radius 3 is 2.13 bits per heavy atom. The number of carbonyl (C=O) groups excluding carboxylic acids is 2. The van der Waals surface area contributed by atoms with Gasteiger partial charge in [-0.2, -0.15) is 0 Å². The summed E-state index contributed by atoms with van der Waals surface area (Å²) in [5, 5.41) is 6.32. The monoisotopic (exact) mass is 445 g/mol. The van der Waals surface area contributed by atoms with E-state index in [1.807, 2.05) is 57.3 Å². The summed E-state index contributed by atoms with van der Waals surface area (Å²) in [5.41, 5.74) is 2.80. The molecule has 0 heterocycles. The van der Waals surface area contributed by atoms with Crippen molar-refractivity contribution in [1.29, 1.82) is 0 Å². The van der Waals surface area contributed by atoms with E-state index in [1.165, 1.54) is 0 Å². The molecule has 2 amide bonds. The molecular formula is C25H36ClN3O2. The zero-order valence-electron chi connectivity index (χ0n) is 19.4. The predicted molar refractivity (Wildman–Crippen MR) is 131 cm³/mol. The number of halogens is 1. The van der Waals surface area contributed by atoms with Crippen molar-refractivity contribution in [2.24, 2.45) is 0 Å². The van der Waals surface area contributed by atoms with Gasteiger partial charge in [0.25, 0.3) is 0 Å². The molecule has 0 aliphatic heterocycles. The third kappa shape index (κ3) is 9.99. The van der Waals surface area contributed by atoms with Crippen molar-refractivity contribution in [3.8, 4) is 0 Å². The van der Waals surface area contributed by atoms with Crippen LogP contribution in [0.4, 0.5) is 10.5 Å². The zero-order valence-corrected chi connectivity index (χ0v) is 20.1. The van der Waals surface area contributed by atoms with Crippen LogP contribution in [-0.2, 0) is 17.9 Å². The number of ketones is 1. The van der Waals surface area contributed by atoms with Crippen LogP contribution in [0, 0.1) is 0 Å². The summed E-state index contributed by atoms with van der Waals surface area (Å²) in [6, 6.07) is 14.7. The Morgan fingerprint density at radius 1 is 1.00 bits per heavy atom. The van der Waals surface area contributed by atoms with Crippen molar-refractivity contribution in [3.63, 3.8) is 0 Å². The second kappa shape index (κ2) is 14.6. The summed E-state index contributed by atoms with van der Waals surface area (Å²) in [6.45, 7) is 8.91. The lowest BCUT2D eigenvalue weighted by Crippen LogP contribution is -2.36. The number of Topliss-reactive ketones (excluding diaryl/α,β-unsaturated/α-hetero) is 1. The number of nitrogens with one attached hydrogen (secondary N) is 2. The second-order valence-electron chi connectivity index (χ2n) is 7.31. The summed E-state index contributed by atoms with van der Waals surface area (Å²) >= 11 is 5.86. The molecule has 1 atom stereocenters. The number of hydrogen-bond donors (Lipinski definition) is 2. The van der Waals surface area contributed by atoms with Gasteiger partial charge in [0.1, 0.15) is 5.78 Å². The van der Waals surface area contributed by atoms with Crippen LogP contribution in [0.25, 0.3) is 0 Å². The van der Waals surface area contributed by atoms with Crippen molar-refractivity contribution >= 4 is 29.1 Å². The topological polar surface area (TPSA) is 61.4 Å². The molecule has 0 spiro atoms. The number of nitrogens with zero attached hydrogens (tertiary/aromatic N) is 1. The average Bonchev–Trinajstić information content (AvgIpc) is 2.76. The number of unbranched alkanes of at least 4 members (excludes halogenated alkanes) is 1. The van der Waals surface area contributed by atoms with E-state index in [0.717, 1.165) is 36.1 Å². The SMILES string of the molecule is CC.CCCCC(C(C)=O)N(C)Cc1ccc(NC(=O)NCc2ccc(Cl)cc2)cc1. The number of anilines is 1. The van der Waals surface area contributed by atoms with Crippen LogP contribution in [0.2, 0.25) is 5.02 Å². The Labute approximate surface area is 192 Å². The van der Waals surface area contributed by atoms with Gasteiger partial charge in [0.05, 0.1) is 6.04 Å². The van der Waals surface area contributed by atoms with E-state index < -0.39 is 0 Å². The first kappa shape index (κ1) is 26.7. The van der Waals surface area contributed by atoms with Crippen LogP contribution in [0.5, 0.6) is 0 Å². The Bertz CT molecular complexity index is 791. The highest BCUT2D eigenvalue weighted by atomic mass is 35.5. The van der Waals surface area contributed by atoms with Gasteiger partial charge in [0.15, 0.2) is 0 Å². The molecule has 0 aliphatic rings. The number of likely N-dealkylation sites (N-methyl/N-ethyl adjacent to an activating group) is 1. The third-order valence-corrected chi connectivity index (χ3v) is 5.09. The summed E-state index contributed by atoms with van der Waals surface area (Å²) in [7, 11) is 1.98. The van der Waals surface area contributed by atoms with Crippen molar-refractivity contribution in [2.45, 2.75) is 66.1 Å². The minimum Gasteiger partial charge on any atom is -0.334 e. The molecule has 5 nitrogen and oxygen atoms in total. The molecule has 2 rings (SSSR count). The highest BCUT2D eigenvalue weighted by Crippen LogP contribution is 2.15. The van der Waals surface area contributed by atoms with Gasteiger partial charge in [-0.05, 0) is 55.8 Å². The molecule has 2 aromatic carbocycles. The molecular weight excluding hydrogens is 410 g/mol. The highest BCUT2D eigenvalue weighted by Gasteiger charge is 2.19. The maximum Gasteiger partial charge on any atom is 0.319 e. The average molecular weight is 446 g/mol. The first-order chi connectivity index (χ1) is 14.9. The van der Waals surface area contributed by atoms with E-state index in [1.54, 1.807) is 19.1 Å². The Balaban J connectivity index is 0.00000233. The minimum absolute atomic E-state index is 0.0496. The second-order valence-corrected chi connectivity index (χ2v) is 7.75. The Kier molecular flexibility index (Phi) is 12.6. The molecule has 0 fully saturated rings. The lowest BCUT2D eigenvalue weighted by atomic mass is 10.0. The molecule has 0 radical (unpaired) electrons. The standard InChI is InChI=1S/C23H30ClN3O2.C2H6/c1-4-5-6-22(17(2)28)27(3)16-19-9-13-21(14-10-19)26-23(29)25-15-18-7-11-20(24)12-8-18;1-2/h7-14,22H,4-6,15-16H2,1-3H3,(H2,25,26,29);1-2H3. The molecule has 6 heteroatoms. The number of benzene rings is 2. The first-order valence-electron chi connectivity index (χ1n) is 11.0. The van der Waals surface area contributed by atoms with Gasteiger partial charge in [0.2, 0.25) is 0 Å². The molecule has 170 valence electrons. The number of carbonyl (C=O) groups is 2. The van der Waals surface area contributed by atoms with Crippen LogP contribution >= 0.6 is 11.6 Å². The quantitative estimate of drug-likeness (QED) is 0.453. The van der Waals surface area contributed by atoms with Crippen LogP contribution < -0.4 is 10.6 Å². The Hall–Kier alpha value is -2.37. The largest absolute Gasteiger partial charge is 0.334 e. The molecule has 1 unspecified atom stereocenters. The fourth-order valence-corrected chi connectivity index (χ4v) is 3.31. The summed E-state index contributed by atoms with van der Waals surface area (Å²) < 4.78 is 0. The molecule has 31 heavy (non-hydrogen) atoms. The molecule has 0 saturated carbocycles. The smallest absolute Gasteiger partial charge is 0.319 e. The summed E-state index contributed by atoms with van der Waals surface area (Å²) in [5.74, 6) is 0.205. The van der Waals surface area contributed by atoms with Gasteiger partial charge < -0.3 is 10.6 Å². The Morgan fingerprint density at radius 2 is 1.58 bits per heavy atom.